The van der Waals surface area contributed by atoms with Gasteiger partial charge < -0.3 is 0 Å². The molecule has 0 fully saturated rings. The average molecular weight is 250 g/mol. The van der Waals surface area contributed by atoms with E-state index in [0.717, 1.165) is 24.0 Å². The monoisotopic (exact) mass is 251 g/mol. The minimum atomic E-state index is -0.190. The standard InChI is InChI=1S/C11H9NOSe/c12-7-14-10-6-5-8-3-1-2-4-9(8)11(10)13/h1-4,10H,5-6H2. The Kier molecular flexibility index (Phi) is 2.67. The van der Waals surface area contributed by atoms with E-state index < -0.39 is 0 Å². The SMILES string of the molecule is N#C[Se]C1CCc2ccccc2C1=O. The number of aryl methyl sites for hydroxylation is 1. The summed E-state index contributed by atoms with van der Waals surface area (Å²) in [5.74, 6) is 0.174. The Morgan fingerprint density at radius 2 is 2.21 bits per heavy atom. The zero-order chi connectivity index (χ0) is 9.97. The molecule has 2 nitrogen and oxygen atoms in total. The molecule has 1 aromatic carbocycles. The molecule has 0 spiro atoms. The van der Waals surface area contributed by atoms with Crippen LogP contribution in [0.3, 0.4) is 0 Å². The Hall–Kier alpha value is -1.10. The third kappa shape index (κ3) is 1.59. The quantitative estimate of drug-likeness (QED) is 0.713. The van der Waals surface area contributed by atoms with Crippen LogP contribution in [-0.2, 0) is 6.42 Å². The van der Waals surface area contributed by atoms with Crippen LogP contribution >= 0.6 is 0 Å². The first-order valence-electron chi connectivity index (χ1n) is 4.50. The Bertz CT molecular complexity index is 408. The Morgan fingerprint density at radius 3 is 3.00 bits per heavy atom. The Labute approximate surface area is 89.1 Å². The molecule has 0 saturated carbocycles. The molecule has 0 amide bonds. The third-order valence-electron chi connectivity index (χ3n) is 2.45. The van der Waals surface area contributed by atoms with Crippen LogP contribution in [0.2, 0.25) is 4.82 Å². The van der Waals surface area contributed by atoms with Crippen LogP contribution in [0.15, 0.2) is 24.3 Å². The molecule has 0 aromatic heterocycles. The molecular weight excluding hydrogens is 241 g/mol. The summed E-state index contributed by atoms with van der Waals surface area (Å²) >= 11 is -0.190. The zero-order valence-corrected chi connectivity index (χ0v) is 9.28. The van der Waals surface area contributed by atoms with Crippen molar-refractivity contribution in [2.45, 2.75) is 17.7 Å². The van der Waals surface area contributed by atoms with Crippen molar-refractivity contribution in [3.63, 3.8) is 0 Å². The predicted molar refractivity (Wildman–Crippen MR) is 54.2 cm³/mol. The molecule has 1 aliphatic rings. The van der Waals surface area contributed by atoms with Crippen LogP contribution in [0.25, 0.3) is 0 Å². The van der Waals surface area contributed by atoms with E-state index in [-0.39, 0.29) is 25.6 Å². The molecule has 14 heavy (non-hydrogen) atoms. The van der Waals surface area contributed by atoms with E-state index in [9.17, 15) is 4.79 Å². The number of hydrogen-bond donors (Lipinski definition) is 0. The maximum absolute atomic E-state index is 11.9. The summed E-state index contributed by atoms with van der Waals surface area (Å²) in [7, 11) is 0. The van der Waals surface area contributed by atoms with Gasteiger partial charge in [0.2, 0.25) is 0 Å². The molecule has 1 aliphatic carbocycles. The van der Waals surface area contributed by atoms with E-state index in [0.29, 0.717) is 0 Å². The van der Waals surface area contributed by atoms with E-state index >= 15 is 0 Å². The molecular formula is C11H9NOSe. The van der Waals surface area contributed by atoms with Crippen molar-refractivity contribution in [3.8, 4) is 4.97 Å². The first-order chi connectivity index (χ1) is 6.83. The van der Waals surface area contributed by atoms with Gasteiger partial charge in [0, 0.05) is 0 Å². The fourth-order valence-corrected chi connectivity index (χ4v) is 3.00. The maximum atomic E-state index is 11.9. The van der Waals surface area contributed by atoms with Gasteiger partial charge in [0.1, 0.15) is 0 Å². The van der Waals surface area contributed by atoms with E-state index in [4.69, 9.17) is 5.26 Å². The van der Waals surface area contributed by atoms with Gasteiger partial charge in [-0.05, 0) is 0 Å². The number of carbonyl (C=O) groups excluding carboxylic acids is 1. The number of fused-ring (bicyclic) bond motifs is 1. The molecule has 1 unspecified atom stereocenters. The fraction of sp³-hybridized carbons (Fsp3) is 0.273. The van der Waals surface area contributed by atoms with Crippen molar-refractivity contribution in [2.24, 2.45) is 0 Å². The number of hydrogen-bond acceptors (Lipinski definition) is 2. The number of Topliss-reactive ketones (excluding diaryl/α,β-unsaturated/α-hetero) is 1. The normalized spacial score (nSPS) is 19.9. The van der Waals surface area contributed by atoms with Crippen LogP contribution in [0, 0.1) is 10.2 Å². The first-order valence-corrected chi connectivity index (χ1v) is 6.34. The van der Waals surface area contributed by atoms with Gasteiger partial charge in [0.15, 0.2) is 0 Å². The summed E-state index contributed by atoms with van der Waals surface area (Å²) in [6, 6.07) is 7.72. The van der Waals surface area contributed by atoms with E-state index in [2.05, 4.69) is 4.97 Å². The number of rotatable bonds is 1. The number of benzene rings is 1. The number of carbonyl (C=O) groups is 1. The van der Waals surface area contributed by atoms with E-state index in [1.807, 2.05) is 24.3 Å². The van der Waals surface area contributed by atoms with Gasteiger partial charge in [-0.1, -0.05) is 0 Å². The summed E-state index contributed by atoms with van der Waals surface area (Å²) in [5, 5.41) is 8.61. The molecule has 0 saturated heterocycles. The van der Waals surface area contributed by atoms with Crippen molar-refractivity contribution in [3.05, 3.63) is 35.4 Å². The van der Waals surface area contributed by atoms with Gasteiger partial charge in [-0.2, -0.15) is 0 Å². The number of ketones is 1. The number of nitriles is 1. The van der Waals surface area contributed by atoms with Crippen molar-refractivity contribution in [1.82, 2.24) is 0 Å². The van der Waals surface area contributed by atoms with E-state index in [1.54, 1.807) is 0 Å². The molecule has 0 bridgehead atoms. The zero-order valence-electron chi connectivity index (χ0n) is 7.56. The fourth-order valence-electron chi connectivity index (χ4n) is 1.75. The van der Waals surface area contributed by atoms with Crippen LogP contribution in [0.1, 0.15) is 22.3 Å². The van der Waals surface area contributed by atoms with Crippen LogP contribution in [0.4, 0.5) is 0 Å². The van der Waals surface area contributed by atoms with Crippen molar-refractivity contribution in [2.75, 3.05) is 0 Å². The Morgan fingerprint density at radius 1 is 1.43 bits per heavy atom. The molecule has 3 heteroatoms. The predicted octanol–water partition coefficient (Wildman–Crippen LogP) is 1.79. The summed E-state index contributed by atoms with van der Waals surface area (Å²) in [6.45, 7) is 0. The van der Waals surface area contributed by atoms with Crippen LogP contribution < -0.4 is 0 Å². The molecule has 0 aliphatic heterocycles. The van der Waals surface area contributed by atoms with Crippen molar-refractivity contribution < 1.29 is 4.79 Å². The summed E-state index contributed by atoms with van der Waals surface area (Å²) in [5.41, 5.74) is 1.98. The summed E-state index contributed by atoms with van der Waals surface area (Å²) in [4.78, 5) is 14.0. The minimum absolute atomic E-state index is 0.0117. The third-order valence-corrected chi connectivity index (χ3v) is 4.21. The van der Waals surface area contributed by atoms with Crippen molar-refractivity contribution >= 4 is 20.7 Å². The number of nitrogens with zero attached hydrogens (tertiary/aromatic N) is 1. The molecule has 1 aromatic rings. The van der Waals surface area contributed by atoms with Gasteiger partial charge in [0.25, 0.3) is 0 Å². The van der Waals surface area contributed by atoms with Gasteiger partial charge >= 0.3 is 88.8 Å². The Balaban J connectivity index is 2.33. The van der Waals surface area contributed by atoms with Gasteiger partial charge in [0.05, 0.1) is 0 Å². The first kappa shape index (κ1) is 9.45. The molecule has 0 radical (unpaired) electrons. The second-order valence-electron chi connectivity index (χ2n) is 3.26. The molecule has 1 atom stereocenters. The summed E-state index contributed by atoms with van der Waals surface area (Å²) < 4.78 is 0. The van der Waals surface area contributed by atoms with Crippen molar-refractivity contribution in [1.29, 1.82) is 5.26 Å². The van der Waals surface area contributed by atoms with Crippen LogP contribution in [0.5, 0.6) is 0 Å². The molecule has 0 heterocycles. The van der Waals surface area contributed by atoms with Gasteiger partial charge in [-0.15, -0.1) is 0 Å². The van der Waals surface area contributed by atoms with Gasteiger partial charge in [-0.3, -0.25) is 0 Å². The van der Waals surface area contributed by atoms with E-state index in [1.165, 1.54) is 0 Å². The molecule has 2 rings (SSSR count). The van der Waals surface area contributed by atoms with Crippen LogP contribution in [-0.4, -0.2) is 20.7 Å². The van der Waals surface area contributed by atoms with Gasteiger partial charge in [-0.25, -0.2) is 0 Å². The second-order valence-corrected chi connectivity index (χ2v) is 5.33. The second kappa shape index (κ2) is 3.96. The summed E-state index contributed by atoms with van der Waals surface area (Å²) in [6.07, 6.45) is 1.79. The average Bonchev–Trinajstić information content (AvgIpc) is 2.23. The molecule has 70 valence electrons. The topological polar surface area (TPSA) is 40.9 Å². The molecule has 0 N–H and O–H groups in total.